The minimum absolute atomic E-state index is 0.218. The number of nitrogens with zero attached hydrogens (tertiary/aromatic N) is 1. The molecule has 0 aliphatic heterocycles. The third-order valence-electron chi connectivity index (χ3n) is 5.91. The second-order valence-corrected chi connectivity index (χ2v) is 13.0. The van der Waals surface area contributed by atoms with Crippen molar-refractivity contribution in [3.63, 3.8) is 0 Å². The first-order valence-electron chi connectivity index (χ1n) is 13.5. The van der Waals surface area contributed by atoms with Gasteiger partial charge in [-0.3, -0.25) is 9.59 Å². The third-order valence-corrected chi connectivity index (χ3v) is 5.91. The van der Waals surface area contributed by atoms with Gasteiger partial charge < -0.3 is 20.3 Å². The molecule has 3 amide bonds. The van der Waals surface area contributed by atoms with Crippen molar-refractivity contribution in [3.8, 4) is 0 Å². The Morgan fingerprint density at radius 2 is 1.43 bits per heavy atom. The maximum atomic E-state index is 14.3. The van der Waals surface area contributed by atoms with Crippen molar-refractivity contribution in [2.75, 3.05) is 0 Å². The SMILES string of the molecule is Cc1ccc(C(C(=O)NC(C)(C)C)N(C(=O)C(NC(=O)OC(C)(C)C)C(C)C)C(C)CCC(C)C)cc1. The molecular formula is C30H51N3O4. The van der Waals surface area contributed by atoms with Crippen molar-refractivity contribution in [3.05, 3.63) is 35.4 Å². The van der Waals surface area contributed by atoms with Gasteiger partial charge in [0.2, 0.25) is 11.8 Å². The Bertz CT molecular complexity index is 895. The fourth-order valence-corrected chi connectivity index (χ4v) is 4.05. The summed E-state index contributed by atoms with van der Waals surface area (Å²) in [5.74, 6) is -0.321. The summed E-state index contributed by atoms with van der Waals surface area (Å²) in [7, 11) is 0. The second kappa shape index (κ2) is 13.3. The molecule has 0 radical (unpaired) electrons. The molecule has 3 atom stereocenters. The fourth-order valence-electron chi connectivity index (χ4n) is 4.05. The third kappa shape index (κ3) is 11.1. The van der Waals surface area contributed by atoms with Crippen LogP contribution in [0.1, 0.15) is 106 Å². The van der Waals surface area contributed by atoms with Crippen LogP contribution < -0.4 is 10.6 Å². The van der Waals surface area contributed by atoms with Gasteiger partial charge in [0.15, 0.2) is 0 Å². The van der Waals surface area contributed by atoms with E-state index in [2.05, 4.69) is 24.5 Å². The molecular weight excluding hydrogens is 466 g/mol. The van der Waals surface area contributed by atoms with E-state index in [0.29, 0.717) is 5.92 Å². The van der Waals surface area contributed by atoms with Gasteiger partial charge in [0.25, 0.3) is 0 Å². The molecule has 0 saturated heterocycles. The normalized spacial score (nSPS) is 14.6. The lowest BCUT2D eigenvalue weighted by atomic mass is 9.94. The predicted molar refractivity (Wildman–Crippen MR) is 150 cm³/mol. The molecule has 37 heavy (non-hydrogen) atoms. The van der Waals surface area contributed by atoms with E-state index in [1.54, 1.807) is 25.7 Å². The van der Waals surface area contributed by atoms with Crippen LogP contribution in [0.3, 0.4) is 0 Å². The van der Waals surface area contributed by atoms with Crippen molar-refractivity contribution in [2.24, 2.45) is 11.8 Å². The first-order chi connectivity index (χ1) is 16.8. The Labute approximate surface area is 225 Å². The van der Waals surface area contributed by atoms with E-state index in [9.17, 15) is 14.4 Å². The van der Waals surface area contributed by atoms with Gasteiger partial charge in [-0.15, -0.1) is 0 Å². The van der Waals surface area contributed by atoms with Crippen LogP contribution in [0, 0.1) is 18.8 Å². The molecule has 210 valence electrons. The Hall–Kier alpha value is -2.57. The van der Waals surface area contributed by atoms with Crippen LogP contribution in [0.2, 0.25) is 0 Å². The standard InChI is InChI=1S/C30H51N3O4/c1-19(2)13-16-22(6)33(27(35)24(20(3)4)31-28(36)37-30(10,11)12)25(26(34)32-29(7,8)9)23-17-14-21(5)15-18-23/h14-15,17-20,22,24-25H,13,16H2,1-12H3,(H,31,36)(H,32,34). The molecule has 0 aromatic heterocycles. The maximum absolute atomic E-state index is 14.3. The van der Waals surface area contributed by atoms with Gasteiger partial charge in [-0.2, -0.15) is 0 Å². The number of hydrogen-bond acceptors (Lipinski definition) is 4. The number of ether oxygens (including phenoxy) is 1. The van der Waals surface area contributed by atoms with Crippen LogP contribution in [0.5, 0.6) is 0 Å². The average molecular weight is 518 g/mol. The number of benzene rings is 1. The largest absolute Gasteiger partial charge is 0.444 e. The van der Waals surface area contributed by atoms with Crippen molar-refractivity contribution in [1.82, 2.24) is 15.5 Å². The second-order valence-electron chi connectivity index (χ2n) is 13.0. The van der Waals surface area contributed by atoms with Crippen LogP contribution in [-0.4, -0.2) is 46.0 Å². The van der Waals surface area contributed by atoms with Crippen molar-refractivity contribution in [1.29, 1.82) is 0 Å². The van der Waals surface area contributed by atoms with Crippen LogP contribution >= 0.6 is 0 Å². The number of carbonyl (C=O) groups excluding carboxylic acids is 3. The molecule has 1 rings (SSSR count). The molecule has 0 spiro atoms. The number of amides is 3. The average Bonchev–Trinajstić information content (AvgIpc) is 2.71. The summed E-state index contributed by atoms with van der Waals surface area (Å²) in [6, 6.07) is 5.77. The van der Waals surface area contributed by atoms with Crippen LogP contribution in [0.25, 0.3) is 0 Å². The van der Waals surface area contributed by atoms with Crippen LogP contribution in [-0.2, 0) is 14.3 Å². The van der Waals surface area contributed by atoms with Crippen LogP contribution in [0.15, 0.2) is 24.3 Å². The van der Waals surface area contributed by atoms with Crippen molar-refractivity contribution < 1.29 is 19.1 Å². The fraction of sp³-hybridized carbons (Fsp3) is 0.700. The topological polar surface area (TPSA) is 87.7 Å². The summed E-state index contributed by atoms with van der Waals surface area (Å²) in [4.78, 5) is 42.5. The van der Waals surface area contributed by atoms with E-state index < -0.39 is 29.3 Å². The molecule has 0 saturated carbocycles. The highest BCUT2D eigenvalue weighted by Gasteiger charge is 2.40. The lowest BCUT2D eigenvalue weighted by molar-refractivity contribution is -0.146. The highest BCUT2D eigenvalue weighted by atomic mass is 16.6. The molecule has 0 aliphatic carbocycles. The molecule has 7 nitrogen and oxygen atoms in total. The van der Waals surface area contributed by atoms with Gasteiger partial charge in [0.1, 0.15) is 17.7 Å². The first kappa shape index (κ1) is 32.5. The minimum atomic E-state index is -0.855. The zero-order chi connectivity index (χ0) is 28.7. The van der Waals surface area contributed by atoms with E-state index in [1.165, 1.54) is 0 Å². The van der Waals surface area contributed by atoms with E-state index in [-0.39, 0.29) is 23.8 Å². The quantitative estimate of drug-likeness (QED) is 0.389. The van der Waals surface area contributed by atoms with Gasteiger partial charge in [-0.05, 0) is 85.6 Å². The number of alkyl carbamates (subject to hydrolysis) is 1. The number of hydrogen-bond donors (Lipinski definition) is 2. The molecule has 3 unspecified atom stereocenters. The van der Waals surface area contributed by atoms with Gasteiger partial charge in [0, 0.05) is 11.6 Å². The molecule has 0 aliphatic rings. The van der Waals surface area contributed by atoms with Crippen molar-refractivity contribution in [2.45, 2.75) is 125 Å². The number of rotatable bonds is 10. The van der Waals surface area contributed by atoms with Crippen LogP contribution in [0.4, 0.5) is 4.79 Å². The molecule has 0 heterocycles. The summed E-state index contributed by atoms with van der Waals surface area (Å²) in [5.41, 5.74) is 0.617. The number of nitrogens with one attached hydrogen (secondary N) is 2. The van der Waals surface area contributed by atoms with E-state index in [0.717, 1.165) is 24.0 Å². The number of carbonyl (C=O) groups is 3. The summed E-state index contributed by atoms with van der Waals surface area (Å²) < 4.78 is 5.46. The number of aryl methyl sites for hydroxylation is 1. The van der Waals surface area contributed by atoms with Gasteiger partial charge >= 0.3 is 6.09 Å². The van der Waals surface area contributed by atoms with Gasteiger partial charge in [-0.1, -0.05) is 57.5 Å². The zero-order valence-electron chi connectivity index (χ0n) is 25.2. The molecule has 1 aromatic rings. The Morgan fingerprint density at radius 3 is 1.86 bits per heavy atom. The predicted octanol–water partition coefficient (Wildman–Crippen LogP) is 6.15. The molecule has 2 N–H and O–H groups in total. The molecule has 0 bridgehead atoms. The van der Waals surface area contributed by atoms with E-state index >= 15 is 0 Å². The first-order valence-corrected chi connectivity index (χ1v) is 13.5. The Morgan fingerprint density at radius 1 is 0.892 bits per heavy atom. The Balaban J connectivity index is 3.61. The summed E-state index contributed by atoms with van der Waals surface area (Å²) in [5, 5.41) is 5.87. The highest BCUT2D eigenvalue weighted by molar-refractivity contribution is 5.92. The maximum Gasteiger partial charge on any atom is 0.408 e. The molecule has 1 aromatic carbocycles. The zero-order valence-corrected chi connectivity index (χ0v) is 25.2. The van der Waals surface area contributed by atoms with Gasteiger partial charge in [0.05, 0.1) is 0 Å². The van der Waals surface area contributed by atoms with Gasteiger partial charge in [-0.25, -0.2) is 4.79 Å². The summed E-state index contributed by atoms with van der Waals surface area (Å²) in [6.45, 7) is 23.1. The summed E-state index contributed by atoms with van der Waals surface area (Å²) >= 11 is 0. The lowest BCUT2D eigenvalue weighted by Crippen LogP contribution is -2.58. The minimum Gasteiger partial charge on any atom is -0.444 e. The lowest BCUT2D eigenvalue weighted by Gasteiger charge is -2.40. The molecule has 7 heteroatoms. The van der Waals surface area contributed by atoms with E-state index in [4.69, 9.17) is 4.74 Å². The Kier molecular flexibility index (Phi) is 11.7. The molecule has 0 fully saturated rings. The summed E-state index contributed by atoms with van der Waals surface area (Å²) in [6.07, 6.45) is 0.977. The van der Waals surface area contributed by atoms with Crippen molar-refractivity contribution >= 4 is 17.9 Å². The highest BCUT2D eigenvalue weighted by Crippen LogP contribution is 2.29. The van der Waals surface area contributed by atoms with E-state index in [1.807, 2.05) is 72.7 Å². The smallest absolute Gasteiger partial charge is 0.408 e. The monoisotopic (exact) mass is 517 g/mol.